The number of imide groups is 1. The minimum absolute atomic E-state index is 0.174. The van der Waals surface area contributed by atoms with Crippen LogP contribution in [-0.2, 0) is 23.2 Å². The Kier molecular flexibility index (Phi) is 4.58. The van der Waals surface area contributed by atoms with Crippen LogP contribution in [0.2, 0.25) is 0 Å². The molecular weight excluding hydrogens is 428 g/mol. The predicted molar refractivity (Wildman–Crippen MR) is 128 cm³/mol. The van der Waals surface area contributed by atoms with Crippen molar-refractivity contribution in [3.63, 3.8) is 0 Å². The smallest absolute Gasteiger partial charge is 0.255 e. The number of rotatable bonds is 3. The molecule has 168 valence electrons. The van der Waals surface area contributed by atoms with E-state index < -0.39 is 11.9 Å². The molecule has 0 aliphatic carbocycles. The molecule has 7 heteroatoms. The first kappa shape index (κ1) is 20.4. The molecule has 6 rings (SSSR count). The lowest BCUT2D eigenvalue weighted by Gasteiger charge is -2.29. The molecule has 3 heterocycles. The van der Waals surface area contributed by atoms with Crippen LogP contribution < -0.4 is 5.32 Å². The molecule has 3 amide bonds. The fraction of sp³-hybridized carbons (Fsp3) is 0.185. The van der Waals surface area contributed by atoms with Gasteiger partial charge in [0.2, 0.25) is 11.8 Å². The zero-order valence-corrected chi connectivity index (χ0v) is 18.6. The van der Waals surface area contributed by atoms with Crippen molar-refractivity contribution < 1.29 is 14.4 Å². The van der Waals surface area contributed by atoms with Crippen molar-refractivity contribution >= 4 is 28.5 Å². The molecule has 0 bridgehead atoms. The second-order valence-corrected chi connectivity index (χ2v) is 8.89. The number of benzene rings is 3. The van der Waals surface area contributed by atoms with Crippen molar-refractivity contribution in [2.75, 3.05) is 0 Å². The molecule has 1 fully saturated rings. The number of carbonyl (C=O) groups excluding carboxylic acids is 3. The summed E-state index contributed by atoms with van der Waals surface area (Å²) in [5.41, 5.74) is 5.28. The van der Waals surface area contributed by atoms with Crippen molar-refractivity contribution in [3.8, 4) is 22.5 Å². The summed E-state index contributed by atoms with van der Waals surface area (Å²) in [5, 5.41) is 4.69. The minimum Gasteiger partial charge on any atom is -0.333 e. The van der Waals surface area contributed by atoms with E-state index in [2.05, 4.69) is 40.6 Å². The van der Waals surface area contributed by atoms with E-state index in [0.29, 0.717) is 18.5 Å². The zero-order chi connectivity index (χ0) is 23.4. The highest BCUT2D eigenvalue weighted by Crippen LogP contribution is 2.35. The number of carbonyl (C=O) groups is 3. The van der Waals surface area contributed by atoms with Gasteiger partial charge in [0.25, 0.3) is 5.91 Å². The van der Waals surface area contributed by atoms with Gasteiger partial charge in [-0.3, -0.25) is 19.7 Å². The fourth-order valence-corrected chi connectivity index (χ4v) is 5.04. The highest BCUT2D eigenvalue weighted by molar-refractivity contribution is 6.05. The third kappa shape index (κ3) is 3.20. The van der Waals surface area contributed by atoms with Crippen LogP contribution >= 0.6 is 0 Å². The van der Waals surface area contributed by atoms with Crippen molar-refractivity contribution in [2.45, 2.75) is 25.4 Å². The number of imidazole rings is 1. The molecular formula is C27H22N4O3. The number of fused-ring (bicyclic) bond motifs is 2. The first-order valence-electron chi connectivity index (χ1n) is 11.3. The molecule has 2 aliphatic heterocycles. The molecule has 1 aromatic heterocycles. The summed E-state index contributed by atoms with van der Waals surface area (Å²) in [7, 11) is 1.97. The van der Waals surface area contributed by atoms with Gasteiger partial charge in [0.1, 0.15) is 6.04 Å². The summed E-state index contributed by atoms with van der Waals surface area (Å²) in [5.74, 6) is -0.864. The largest absolute Gasteiger partial charge is 0.333 e. The molecule has 34 heavy (non-hydrogen) atoms. The van der Waals surface area contributed by atoms with Gasteiger partial charge in [-0.2, -0.15) is 0 Å². The fourth-order valence-electron chi connectivity index (χ4n) is 5.04. The summed E-state index contributed by atoms with van der Waals surface area (Å²) in [6, 6.07) is 19.7. The van der Waals surface area contributed by atoms with Crippen molar-refractivity contribution in [1.82, 2.24) is 19.8 Å². The first-order chi connectivity index (χ1) is 16.5. The summed E-state index contributed by atoms with van der Waals surface area (Å²) in [6.45, 7) is 0.340. The number of nitrogens with one attached hydrogen (secondary N) is 1. The van der Waals surface area contributed by atoms with Gasteiger partial charge in [-0.1, -0.05) is 42.5 Å². The molecule has 1 N–H and O–H groups in total. The molecule has 0 saturated carbocycles. The Morgan fingerprint density at radius 2 is 1.74 bits per heavy atom. The average molecular weight is 450 g/mol. The van der Waals surface area contributed by atoms with E-state index in [1.165, 1.54) is 5.39 Å². The summed E-state index contributed by atoms with van der Waals surface area (Å²) >= 11 is 0. The summed E-state index contributed by atoms with van der Waals surface area (Å²) < 4.78 is 2.01. The van der Waals surface area contributed by atoms with Gasteiger partial charge in [-0.15, -0.1) is 0 Å². The Bertz CT molecular complexity index is 1500. The lowest BCUT2D eigenvalue weighted by molar-refractivity contribution is -0.136. The molecule has 7 nitrogen and oxygen atoms in total. The summed E-state index contributed by atoms with van der Waals surface area (Å²) in [4.78, 5) is 43.1. The van der Waals surface area contributed by atoms with Crippen LogP contribution in [0, 0.1) is 0 Å². The van der Waals surface area contributed by atoms with Crippen molar-refractivity contribution in [2.24, 2.45) is 7.05 Å². The van der Waals surface area contributed by atoms with Crippen LogP contribution in [0.3, 0.4) is 0 Å². The van der Waals surface area contributed by atoms with E-state index in [1.807, 2.05) is 41.9 Å². The van der Waals surface area contributed by atoms with E-state index in [9.17, 15) is 14.4 Å². The normalized spacial score (nSPS) is 17.9. The van der Waals surface area contributed by atoms with Gasteiger partial charge in [-0.25, -0.2) is 4.98 Å². The maximum absolute atomic E-state index is 13.0. The third-order valence-corrected chi connectivity index (χ3v) is 6.76. The Balaban J connectivity index is 1.36. The van der Waals surface area contributed by atoms with Crippen LogP contribution in [0.4, 0.5) is 0 Å². The monoisotopic (exact) mass is 450 g/mol. The van der Waals surface area contributed by atoms with Gasteiger partial charge in [0, 0.05) is 36.7 Å². The van der Waals surface area contributed by atoms with Gasteiger partial charge in [0.15, 0.2) is 0 Å². The quantitative estimate of drug-likeness (QED) is 0.483. The second kappa shape index (κ2) is 7.66. The zero-order valence-electron chi connectivity index (χ0n) is 18.6. The van der Waals surface area contributed by atoms with Gasteiger partial charge in [0.05, 0.1) is 17.7 Å². The van der Waals surface area contributed by atoms with E-state index >= 15 is 0 Å². The molecule has 1 unspecified atom stereocenters. The molecule has 0 radical (unpaired) electrons. The van der Waals surface area contributed by atoms with E-state index in [-0.39, 0.29) is 18.2 Å². The molecule has 3 aromatic carbocycles. The molecule has 1 saturated heterocycles. The highest BCUT2D eigenvalue weighted by Gasteiger charge is 2.39. The number of amides is 3. The van der Waals surface area contributed by atoms with Crippen molar-refractivity contribution in [1.29, 1.82) is 0 Å². The van der Waals surface area contributed by atoms with Crippen LogP contribution in [-0.4, -0.2) is 38.2 Å². The van der Waals surface area contributed by atoms with Gasteiger partial charge >= 0.3 is 0 Å². The van der Waals surface area contributed by atoms with Gasteiger partial charge < -0.3 is 9.47 Å². The lowest BCUT2D eigenvalue weighted by Crippen LogP contribution is -2.52. The predicted octanol–water partition coefficient (Wildman–Crippen LogP) is 3.67. The maximum atomic E-state index is 13.0. The molecule has 0 spiro atoms. The Hall–Kier alpha value is -4.26. The Morgan fingerprint density at radius 1 is 0.941 bits per heavy atom. The van der Waals surface area contributed by atoms with E-state index in [1.54, 1.807) is 11.2 Å². The number of hydrogen-bond donors (Lipinski definition) is 1. The SMILES string of the molecule is Cn1cnc(-c2ccc3c(c2)CN(C2CCC(=O)NC2=O)C3=O)c1-c1ccc2ccccc2c1. The number of hydrogen-bond acceptors (Lipinski definition) is 4. The molecule has 4 aromatic rings. The number of nitrogens with zero attached hydrogens (tertiary/aromatic N) is 3. The highest BCUT2D eigenvalue weighted by atomic mass is 16.2. The van der Waals surface area contributed by atoms with Crippen LogP contribution in [0.15, 0.2) is 67.0 Å². The Labute approximate surface area is 196 Å². The first-order valence-corrected chi connectivity index (χ1v) is 11.3. The number of aryl methyl sites for hydroxylation is 1. The molecule has 1 atom stereocenters. The molecule has 2 aliphatic rings. The standard InChI is InChI=1S/C27H22N4O3/c1-30-15-28-24(25(30)19-7-6-16-4-2-3-5-17(16)12-19)18-8-9-21-20(13-18)14-31(27(21)34)22-10-11-23(32)29-26(22)33/h2-9,12-13,15,22H,10-11,14H2,1H3,(H,29,32,33). The van der Waals surface area contributed by atoms with Crippen molar-refractivity contribution in [3.05, 3.63) is 78.1 Å². The van der Waals surface area contributed by atoms with Crippen LogP contribution in [0.25, 0.3) is 33.3 Å². The maximum Gasteiger partial charge on any atom is 0.255 e. The lowest BCUT2D eigenvalue weighted by atomic mass is 9.99. The number of aromatic nitrogens is 2. The van der Waals surface area contributed by atoms with Crippen LogP contribution in [0.1, 0.15) is 28.8 Å². The topological polar surface area (TPSA) is 84.3 Å². The minimum atomic E-state index is -0.621. The van der Waals surface area contributed by atoms with Crippen LogP contribution in [0.5, 0.6) is 0 Å². The van der Waals surface area contributed by atoms with E-state index in [0.717, 1.165) is 33.5 Å². The van der Waals surface area contributed by atoms with E-state index in [4.69, 9.17) is 0 Å². The average Bonchev–Trinajstić information content (AvgIpc) is 3.38. The third-order valence-electron chi connectivity index (χ3n) is 6.76. The number of piperidine rings is 1. The Morgan fingerprint density at radius 3 is 2.56 bits per heavy atom. The van der Waals surface area contributed by atoms with Gasteiger partial charge in [-0.05, 0) is 41.0 Å². The summed E-state index contributed by atoms with van der Waals surface area (Å²) in [6.07, 6.45) is 2.39. The second-order valence-electron chi connectivity index (χ2n) is 8.89.